The number of benzene rings is 1. The highest BCUT2D eigenvalue weighted by Crippen LogP contribution is 2.36. The zero-order valence-electron chi connectivity index (χ0n) is 17.9. The number of fused-ring (bicyclic) bond motifs is 5. The van der Waals surface area contributed by atoms with E-state index in [0.29, 0.717) is 27.9 Å². The summed E-state index contributed by atoms with van der Waals surface area (Å²) in [6.45, 7) is 4.15. The van der Waals surface area contributed by atoms with Crippen LogP contribution in [0.3, 0.4) is 0 Å². The summed E-state index contributed by atoms with van der Waals surface area (Å²) in [6, 6.07) is 6.84. The maximum absolute atomic E-state index is 13.1. The van der Waals surface area contributed by atoms with Gasteiger partial charge in [-0.05, 0) is 60.9 Å². The largest absolute Gasteiger partial charge is 0.430 e. The second-order valence-electron chi connectivity index (χ2n) is 8.66. The Morgan fingerprint density at radius 3 is 2.88 bits per heavy atom. The Balaban J connectivity index is 1.53. The van der Waals surface area contributed by atoms with Gasteiger partial charge in [0.25, 0.3) is 5.56 Å². The first-order valence-electron chi connectivity index (χ1n) is 10.8. The zero-order valence-corrected chi connectivity index (χ0v) is 18.7. The van der Waals surface area contributed by atoms with Crippen LogP contribution < -0.4 is 10.9 Å². The number of halogens is 1. The normalized spacial score (nSPS) is 13.2. The Morgan fingerprint density at radius 1 is 1.28 bits per heavy atom. The van der Waals surface area contributed by atoms with Crippen LogP contribution in [-0.2, 0) is 30.6 Å². The lowest BCUT2D eigenvalue weighted by atomic mass is 9.99. The summed E-state index contributed by atoms with van der Waals surface area (Å²) in [5, 5.41) is 4.10. The molecule has 0 fully saturated rings. The number of anilines is 1. The van der Waals surface area contributed by atoms with E-state index in [9.17, 15) is 9.59 Å². The van der Waals surface area contributed by atoms with Crippen LogP contribution in [0.15, 0.2) is 39.8 Å². The minimum absolute atomic E-state index is 0.140. The Kier molecular flexibility index (Phi) is 5.21. The number of nitrogens with one attached hydrogen (secondary N) is 1. The van der Waals surface area contributed by atoms with Gasteiger partial charge in [-0.25, -0.2) is 9.97 Å². The molecule has 1 aliphatic rings. The number of carbonyl (C=O) groups excluding carboxylic acids is 1. The molecular weight excluding hydrogens is 428 g/mol. The molecule has 0 saturated carbocycles. The van der Waals surface area contributed by atoms with Crippen molar-refractivity contribution in [1.82, 2.24) is 14.5 Å². The highest BCUT2D eigenvalue weighted by Gasteiger charge is 2.26. The third-order valence-electron chi connectivity index (χ3n) is 5.77. The maximum Gasteiger partial charge on any atom is 0.297 e. The number of amides is 1. The number of aryl methyl sites for hydroxylation is 1. The van der Waals surface area contributed by atoms with Crippen molar-refractivity contribution in [3.8, 4) is 0 Å². The van der Waals surface area contributed by atoms with Gasteiger partial charge in [0, 0.05) is 16.4 Å². The van der Waals surface area contributed by atoms with Crippen molar-refractivity contribution in [3.05, 3.63) is 62.8 Å². The van der Waals surface area contributed by atoms with Crippen LogP contribution in [0.5, 0.6) is 0 Å². The van der Waals surface area contributed by atoms with E-state index in [2.05, 4.69) is 24.1 Å². The van der Waals surface area contributed by atoms with E-state index in [0.717, 1.165) is 36.8 Å². The Hall–Kier alpha value is -3.19. The molecule has 0 aliphatic heterocycles. The number of aromatic nitrogens is 3. The summed E-state index contributed by atoms with van der Waals surface area (Å²) in [6.07, 6.45) is 5.26. The standard InChI is InChI=1S/C24H23ClN4O3/c1-13(2)9-18-16-7-4-8-17(16)20-21-22(32-23(20)28-18)24(31)29(12-26-21)11-19(30)27-15-6-3-5-14(25)10-15/h3,5-6,10,12-13H,4,7-9,11H2,1-2H3,(H,27,30). The molecule has 0 unspecified atom stereocenters. The molecule has 3 aromatic heterocycles. The number of nitrogens with zero attached hydrogens (tertiary/aromatic N) is 3. The third-order valence-corrected chi connectivity index (χ3v) is 6.01. The van der Waals surface area contributed by atoms with Crippen molar-refractivity contribution in [2.45, 2.75) is 46.1 Å². The molecule has 164 valence electrons. The number of furan rings is 1. The van der Waals surface area contributed by atoms with E-state index >= 15 is 0 Å². The van der Waals surface area contributed by atoms with Crippen molar-refractivity contribution in [3.63, 3.8) is 0 Å². The molecule has 0 radical (unpaired) electrons. The molecule has 4 aromatic rings. The fourth-order valence-corrected chi connectivity index (χ4v) is 4.65. The van der Waals surface area contributed by atoms with Crippen molar-refractivity contribution < 1.29 is 9.21 Å². The average Bonchev–Trinajstić information content (AvgIpc) is 3.34. The molecular formula is C24H23ClN4O3. The van der Waals surface area contributed by atoms with E-state index in [1.54, 1.807) is 24.3 Å². The van der Waals surface area contributed by atoms with E-state index in [4.69, 9.17) is 21.0 Å². The quantitative estimate of drug-likeness (QED) is 0.483. The summed E-state index contributed by atoms with van der Waals surface area (Å²) in [5.41, 5.74) is 4.83. The molecule has 0 saturated heterocycles. The van der Waals surface area contributed by atoms with Gasteiger partial charge in [-0.15, -0.1) is 0 Å². The first-order chi connectivity index (χ1) is 15.4. The fourth-order valence-electron chi connectivity index (χ4n) is 4.46. The highest BCUT2D eigenvalue weighted by atomic mass is 35.5. The van der Waals surface area contributed by atoms with Gasteiger partial charge in [-0.1, -0.05) is 31.5 Å². The van der Waals surface area contributed by atoms with Crippen LogP contribution in [0, 0.1) is 5.92 Å². The number of carbonyl (C=O) groups is 1. The lowest BCUT2D eigenvalue weighted by molar-refractivity contribution is -0.116. The molecule has 1 aromatic carbocycles. The number of hydrogen-bond donors (Lipinski definition) is 1. The first-order valence-corrected chi connectivity index (χ1v) is 11.2. The average molecular weight is 451 g/mol. The summed E-state index contributed by atoms with van der Waals surface area (Å²) in [7, 11) is 0. The third kappa shape index (κ3) is 3.66. The summed E-state index contributed by atoms with van der Waals surface area (Å²) in [4.78, 5) is 34.8. The fraction of sp³-hybridized carbons (Fsp3) is 0.333. The minimum Gasteiger partial charge on any atom is -0.430 e. The zero-order chi connectivity index (χ0) is 22.4. The summed E-state index contributed by atoms with van der Waals surface area (Å²) < 4.78 is 7.18. The van der Waals surface area contributed by atoms with Gasteiger partial charge in [-0.3, -0.25) is 14.2 Å². The molecule has 5 rings (SSSR count). The molecule has 1 aliphatic carbocycles. The maximum atomic E-state index is 13.1. The molecule has 7 nitrogen and oxygen atoms in total. The second-order valence-corrected chi connectivity index (χ2v) is 9.10. The van der Waals surface area contributed by atoms with Crippen molar-refractivity contribution in [2.75, 3.05) is 5.32 Å². The second kappa shape index (κ2) is 8.06. The minimum atomic E-state index is -0.397. The highest BCUT2D eigenvalue weighted by molar-refractivity contribution is 6.30. The molecule has 1 amide bonds. The SMILES string of the molecule is CC(C)Cc1nc2oc3c(=O)n(CC(=O)Nc4cccc(Cl)c4)cnc3c2c2c1CCC2. The molecule has 32 heavy (non-hydrogen) atoms. The van der Waals surface area contributed by atoms with Crippen LogP contribution >= 0.6 is 11.6 Å². The van der Waals surface area contributed by atoms with E-state index in [1.807, 2.05) is 0 Å². The van der Waals surface area contributed by atoms with E-state index in [1.165, 1.54) is 22.0 Å². The Morgan fingerprint density at radius 2 is 2.09 bits per heavy atom. The van der Waals surface area contributed by atoms with Gasteiger partial charge >= 0.3 is 0 Å². The van der Waals surface area contributed by atoms with Crippen LogP contribution in [0.2, 0.25) is 5.02 Å². The van der Waals surface area contributed by atoms with Gasteiger partial charge in [-0.2, -0.15) is 0 Å². The van der Waals surface area contributed by atoms with Gasteiger partial charge in [0.1, 0.15) is 12.1 Å². The Labute approximate surface area is 189 Å². The monoisotopic (exact) mass is 450 g/mol. The van der Waals surface area contributed by atoms with Crippen LogP contribution in [0.1, 0.15) is 37.1 Å². The van der Waals surface area contributed by atoms with Gasteiger partial charge < -0.3 is 9.73 Å². The van der Waals surface area contributed by atoms with Crippen molar-refractivity contribution in [2.24, 2.45) is 5.92 Å². The lowest BCUT2D eigenvalue weighted by Gasteiger charge is -2.10. The van der Waals surface area contributed by atoms with Gasteiger partial charge in [0.05, 0.1) is 11.7 Å². The molecule has 1 N–H and O–H groups in total. The summed E-state index contributed by atoms with van der Waals surface area (Å²) in [5.74, 6) is 0.118. The topological polar surface area (TPSA) is 90.0 Å². The van der Waals surface area contributed by atoms with Crippen LogP contribution in [-0.4, -0.2) is 20.4 Å². The number of rotatable bonds is 5. The van der Waals surface area contributed by atoms with Crippen molar-refractivity contribution >= 4 is 45.4 Å². The molecule has 0 atom stereocenters. The van der Waals surface area contributed by atoms with E-state index < -0.39 is 5.56 Å². The molecule has 0 spiro atoms. The molecule has 8 heteroatoms. The number of hydrogen-bond acceptors (Lipinski definition) is 5. The van der Waals surface area contributed by atoms with E-state index in [-0.39, 0.29) is 18.0 Å². The van der Waals surface area contributed by atoms with Crippen molar-refractivity contribution in [1.29, 1.82) is 0 Å². The molecule has 0 bridgehead atoms. The predicted octanol–water partition coefficient (Wildman–Crippen LogP) is 4.52. The van der Waals surface area contributed by atoms with Crippen LogP contribution in [0.25, 0.3) is 22.2 Å². The van der Waals surface area contributed by atoms with Gasteiger partial charge in [0.2, 0.25) is 17.2 Å². The predicted molar refractivity (Wildman–Crippen MR) is 124 cm³/mol. The van der Waals surface area contributed by atoms with Crippen LogP contribution in [0.4, 0.5) is 5.69 Å². The summed E-state index contributed by atoms with van der Waals surface area (Å²) >= 11 is 5.96. The smallest absolute Gasteiger partial charge is 0.297 e. The molecule has 3 heterocycles. The number of pyridine rings is 1. The van der Waals surface area contributed by atoms with Gasteiger partial charge in [0.15, 0.2) is 0 Å². The first kappa shape index (κ1) is 20.7. The Bertz CT molecular complexity index is 1420. The lowest BCUT2D eigenvalue weighted by Crippen LogP contribution is -2.27.